The van der Waals surface area contributed by atoms with Gasteiger partial charge in [0, 0.05) is 30.9 Å². The Hall–Kier alpha value is -2.37. The number of likely N-dealkylation sites (tertiary alicyclic amines) is 1. The van der Waals surface area contributed by atoms with Gasteiger partial charge < -0.3 is 15.5 Å². The second-order valence-electron chi connectivity index (χ2n) is 6.14. The van der Waals surface area contributed by atoms with Gasteiger partial charge in [-0.2, -0.15) is 0 Å². The molecule has 6 heteroatoms. The number of hydrogen-bond donors (Lipinski definition) is 2. The number of carbonyl (C=O) groups excluding carboxylic acids is 3. The second kappa shape index (κ2) is 8.47. The van der Waals surface area contributed by atoms with E-state index >= 15 is 0 Å². The Kier molecular flexibility index (Phi) is 6.35. The first-order chi connectivity index (χ1) is 11.5. The van der Waals surface area contributed by atoms with E-state index in [0.29, 0.717) is 30.9 Å². The number of ketones is 1. The van der Waals surface area contributed by atoms with Gasteiger partial charge in [0.15, 0.2) is 5.78 Å². The molecule has 1 aliphatic rings. The van der Waals surface area contributed by atoms with Crippen molar-refractivity contribution in [3.63, 3.8) is 0 Å². The van der Waals surface area contributed by atoms with Crippen molar-refractivity contribution in [2.75, 3.05) is 25.0 Å². The van der Waals surface area contributed by atoms with Crippen molar-refractivity contribution in [3.05, 3.63) is 29.8 Å². The molecule has 1 aliphatic heterocycles. The first-order valence-corrected chi connectivity index (χ1v) is 8.46. The fraction of sp³-hybridized carbons (Fsp3) is 0.500. The van der Waals surface area contributed by atoms with Crippen LogP contribution in [0.2, 0.25) is 0 Å². The fourth-order valence-corrected chi connectivity index (χ4v) is 2.79. The van der Waals surface area contributed by atoms with Crippen LogP contribution in [0.25, 0.3) is 0 Å². The van der Waals surface area contributed by atoms with E-state index < -0.39 is 0 Å². The number of nitrogens with zero attached hydrogens (tertiary/aromatic N) is 1. The summed E-state index contributed by atoms with van der Waals surface area (Å²) >= 11 is 0. The van der Waals surface area contributed by atoms with Gasteiger partial charge in [-0.25, -0.2) is 4.79 Å². The zero-order valence-electron chi connectivity index (χ0n) is 14.3. The number of hydrogen-bond acceptors (Lipinski definition) is 3. The Morgan fingerprint density at radius 2 is 2.08 bits per heavy atom. The molecule has 1 aromatic rings. The Balaban J connectivity index is 1.95. The molecule has 1 aromatic carbocycles. The third kappa shape index (κ3) is 4.81. The summed E-state index contributed by atoms with van der Waals surface area (Å²) < 4.78 is 0. The Labute approximate surface area is 142 Å². The van der Waals surface area contributed by atoms with Crippen molar-refractivity contribution < 1.29 is 14.4 Å². The van der Waals surface area contributed by atoms with Crippen LogP contribution in [-0.2, 0) is 4.79 Å². The summed E-state index contributed by atoms with van der Waals surface area (Å²) in [5.74, 6) is -0.177. The number of benzene rings is 1. The predicted octanol–water partition coefficient (Wildman–Crippen LogP) is 2.66. The summed E-state index contributed by atoms with van der Waals surface area (Å²) in [4.78, 5) is 37.6. The van der Waals surface area contributed by atoms with Gasteiger partial charge in [-0.05, 0) is 38.3 Å². The van der Waals surface area contributed by atoms with Crippen molar-refractivity contribution in [2.24, 2.45) is 5.92 Å². The summed E-state index contributed by atoms with van der Waals surface area (Å²) in [5.41, 5.74) is 1.15. The highest BCUT2D eigenvalue weighted by atomic mass is 16.2. The maximum Gasteiger partial charge on any atom is 0.321 e. The van der Waals surface area contributed by atoms with Crippen molar-refractivity contribution in [1.82, 2.24) is 10.2 Å². The summed E-state index contributed by atoms with van der Waals surface area (Å²) in [6.07, 6.45) is 2.51. The molecule has 0 aliphatic carbocycles. The Bertz CT molecular complexity index is 615. The number of piperidine rings is 1. The van der Waals surface area contributed by atoms with E-state index in [0.717, 1.165) is 19.3 Å². The minimum Gasteiger partial charge on any atom is -0.356 e. The quantitative estimate of drug-likeness (QED) is 0.814. The van der Waals surface area contributed by atoms with Gasteiger partial charge >= 0.3 is 6.03 Å². The van der Waals surface area contributed by atoms with E-state index in [4.69, 9.17) is 0 Å². The van der Waals surface area contributed by atoms with E-state index in [-0.39, 0.29) is 23.6 Å². The zero-order valence-corrected chi connectivity index (χ0v) is 14.3. The highest BCUT2D eigenvalue weighted by molar-refractivity contribution is 5.96. The van der Waals surface area contributed by atoms with Crippen LogP contribution in [0.5, 0.6) is 0 Å². The number of anilines is 1. The van der Waals surface area contributed by atoms with Crippen LogP contribution in [-0.4, -0.2) is 42.3 Å². The summed E-state index contributed by atoms with van der Waals surface area (Å²) in [7, 11) is 0. The monoisotopic (exact) mass is 331 g/mol. The molecule has 0 saturated carbocycles. The molecule has 3 amide bonds. The van der Waals surface area contributed by atoms with Crippen LogP contribution in [0.15, 0.2) is 24.3 Å². The van der Waals surface area contributed by atoms with E-state index in [2.05, 4.69) is 10.6 Å². The van der Waals surface area contributed by atoms with Crippen molar-refractivity contribution in [1.29, 1.82) is 0 Å². The lowest BCUT2D eigenvalue weighted by molar-refractivity contribution is -0.126. The normalized spacial score (nSPS) is 17.2. The molecule has 0 bridgehead atoms. The van der Waals surface area contributed by atoms with Crippen LogP contribution in [0.3, 0.4) is 0 Å². The van der Waals surface area contributed by atoms with Crippen LogP contribution < -0.4 is 10.6 Å². The molecule has 0 unspecified atom stereocenters. The summed E-state index contributed by atoms with van der Waals surface area (Å²) in [6, 6.07) is 6.63. The summed E-state index contributed by atoms with van der Waals surface area (Å²) in [6.45, 7) is 5.23. The van der Waals surface area contributed by atoms with Gasteiger partial charge in [-0.3, -0.25) is 9.59 Å². The van der Waals surface area contributed by atoms with Crippen LogP contribution in [0.1, 0.15) is 43.5 Å². The predicted molar refractivity (Wildman–Crippen MR) is 93.1 cm³/mol. The largest absolute Gasteiger partial charge is 0.356 e. The van der Waals surface area contributed by atoms with Crippen LogP contribution in [0.4, 0.5) is 10.5 Å². The molecule has 1 saturated heterocycles. The molecular formula is C18H25N3O3. The Morgan fingerprint density at radius 1 is 1.29 bits per heavy atom. The molecule has 1 fully saturated rings. The third-order valence-corrected chi connectivity index (χ3v) is 4.15. The van der Waals surface area contributed by atoms with Gasteiger partial charge in [-0.15, -0.1) is 0 Å². The first kappa shape index (κ1) is 18.0. The topological polar surface area (TPSA) is 78.5 Å². The molecule has 1 atom stereocenters. The van der Waals surface area contributed by atoms with E-state index in [9.17, 15) is 14.4 Å². The number of carbonyl (C=O) groups is 3. The minimum atomic E-state index is -0.233. The number of urea groups is 1. The number of rotatable bonds is 5. The van der Waals surface area contributed by atoms with Crippen molar-refractivity contribution in [2.45, 2.75) is 33.1 Å². The lowest BCUT2D eigenvalue weighted by Crippen LogP contribution is -2.47. The smallest absolute Gasteiger partial charge is 0.321 e. The van der Waals surface area contributed by atoms with E-state index in [1.807, 2.05) is 6.92 Å². The lowest BCUT2D eigenvalue weighted by Gasteiger charge is -2.32. The summed E-state index contributed by atoms with van der Waals surface area (Å²) in [5, 5.41) is 5.71. The molecule has 2 N–H and O–H groups in total. The molecule has 130 valence electrons. The molecule has 0 spiro atoms. The average Bonchev–Trinajstić information content (AvgIpc) is 2.60. The molecular weight excluding hydrogens is 306 g/mol. The van der Waals surface area contributed by atoms with Gasteiger partial charge in [0.1, 0.15) is 0 Å². The average molecular weight is 331 g/mol. The molecule has 6 nitrogen and oxygen atoms in total. The number of nitrogens with one attached hydrogen (secondary N) is 2. The maximum absolute atomic E-state index is 12.4. The zero-order chi connectivity index (χ0) is 17.5. The van der Waals surface area contributed by atoms with E-state index in [1.165, 1.54) is 6.92 Å². The van der Waals surface area contributed by atoms with Gasteiger partial charge in [-0.1, -0.05) is 19.1 Å². The third-order valence-electron chi connectivity index (χ3n) is 4.15. The maximum atomic E-state index is 12.4. The van der Waals surface area contributed by atoms with E-state index in [1.54, 1.807) is 29.2 Å². The SMILES string of the molecule is CCCNC(=O)[C@H]1CCCN(C(=O)Nc2cccc(C(C)=O)c2)C1. The van der Waals surface area contributed by atoms with Crippen molar-refractivity contribution in [3.8, 4) is 0 Å². The lowest BCUT2D eigenvalue weighted by atomic mass is 9.97. The molecule has 0 aromatic heterocycles. The second-order valence-corrected chi connectivity index (χ2v) is 6.14. The fourth-order valence-electron chi connectivity index (χ4n) is 2.79. The first-order valence-electron chi connectivity index (χ1n) is 8.46. The molecule has 1 heterocycles. The highest BCUT2D eigenvalue weighted by Gasteiger charge is 2.28. The Morgan fingerprint density at radius 3 is 2.79 bits per heavy atom. The number of Topliss-reactive ketones (excluding diaryl/α,β-unsaturated/α-hetero) is 1. The number of amides is 3. The van der Waals surface area contributed by atoms with Crippen LogP contribution >= 0.6 is 0 Å². The molecule has 24 heavy (non-hydrogen) atoms. The van der Waals surface area contributed by atoms with Crippen LogP contribution in [0, 0.1) is 5.92 Å². The standard InChI is InChI=1S/C18H25N3O3/c1-3-9-19-17(23)15-7-5-10-21(12-15)18(24)20-16-8-4-6-14(11-16)13(2)22/h4,6,8,11,15H,3,5,7,9-10,12H2,1-2H3,(H,19,23)(H,20,24)/t15-/m0/s1. The van der Waals surface area contributed by atoms with Gasteiger partial charge in [0.25, 0.3) is 0 Å². The van der Waals surface area contributed by atoms with Crippen molar-refractivity contribution >= 4 is 23.4 Å². The molecule has 0 radical (unpaired) electrons. The molecule has 2 rings (SSSR count). The van der Waals surface area contributed by atoms with Gasteiger partial charge in [0.05, 0.1) is 5.92 Å². The minimum absolute atomic E-state index is 0.0212. The highest BCUT2D eigenvalue weighted by Crippen LogP contribution is 2.18. The van der Waals surface area contributed by atoms with Gasteiger partial charge in [0.2, 0.25) is 5.91 Å².